The summed E-state index contributed by atoms with van der Waals surface area (Å²) < 4.78 is 28.4. The Hall–Kier alpha value is -2.16. The number of hydrogen-bond donors (Lipinski definition) is 1. The molecule has 0 atom stereocenters. The number of thiol groups is 1. The molecule has 8 heteroatoms. The Morgan fingerprint density at radius 1 is 0.938 bits per heavy atom. The Kier molecular flexibility index (Phi) is 7.02. The third-order valence-electron chi connectivity index (χ3n) is 6.32. The van der Waals surface area contributed by atoms with Gasteiger partial charge in [0.2, 0.25) is 10.0 Å². The molecule has 1 aromatic heterocycles. The SMILES string of the molecule is CCS.O=S(=O)(c1ccccc1)N1CCCC12CCN(c1cnc3ccccc3n1)CC2. The number of benzene rings is 2. The largest absolute Gasteiger partial charge is 0.355 e. The van der Waals surface area contributed by atoms with Gasteiger partial charge in [-0.25, -0.2) is 13.4 Å². The van der Waals surface area contributed by atoms with E-state index in [1.54, 1.807) is 28.6 Å². The smallest absolute Gasteiger partial charge is 0.243 e. The van der Waals surface area contributed by atoms with Crippen LogP contribution in [0.5, 0.6) is 0 Å². The first-order valence-electron chi connectivity index (χ1n) is 11.2. The van der Waals surface area contributed by atoms with Gasteiger partial charge in [-0.05, 0) is 55.7 Å². The van der Waals surface area contributed by atoms with Gasteiger partial charge in [-0.2, -0.15) is 16.9 Å². The molecule has 0 saturated carbocycles. The van der Waals surface area contributed by atoms with Crippen molar-refractivity contribution >= 4 is 39.5 Å². The fourth-order valence-electron chi connectivity index (χ4n) is 4.76. The van der Waals surface area contributed by atoms with Crippen molar-refractivity contribution in [3.63, 3.8) is 0 Å². The van der Waals surface area contributed by atoms with Crippen molar-refractivity contribution in [1.29, 1.82) is 0 Å². The average molecular weight is 471 g/mol. The lowest BCUT2D eigenvalue weighted by Crippen LogP contribution is -2.54. The van der Waals surface area contributed by atoms with E-state index in [9.17, 15) is 8.42 Å². The molecule has 0 radical (unpaired) electrons. The third kappa shape index (κ3) is 4.49. The first kappa shape index (κ1) is 23.0. The zero-order valence-corrected chi connectivity index (χ0v) is 20.1. The minimum absolute atomic E-state index is 0.282. The Balaban J connectivity index is 0.000000775. The summed E-state index contributed by atoms with van der Waals surface area (Å²) in [6.07, 6.45) is 5.30. The summed E-state index contributed by atoms with van der Waals surface area (Å²) in [5.74, 6) is 1.81. The number of anilines is 1. The van der Waals surface area contributed by atoms with E-state index in [4.69, 9.17) is 4.98 Å². The van der Waals surface area contributed by atoms with Crippen molar-refractivity contribution in [2.24, 2.45) is 0 Å². The van der Waals surface area contributed by atoms with E-state index in [0.717, 1.165) is 61.4 Å². The molecule has 170 valence electrons. The maximum atomic E-state index is 13.3. The van der Waals surface area contributed by atoms with Crippen LogP contribution in [0.2, 0.25) is 0 Å². The zero-order chi connectivity index (χ0) is 22.6. The van der Waals surface area contributed by atoms with Crippen molar-refractivity contribution in [1.82, 2.24) is 14.3 Å². The number of fused-ring (bicyclic) bond motifs is 1. The molecule has 2 fully saturated rings. The summed E-state index contributed by atoms with van der Waals surface area (Å²) in [4.78, 5) is 11.9. The average Bonchev–Trinajstić information content (AvgIpc) is 3.24. The van der Waals surface area contributed by atoms with Crippen molar-refractivity contribution in [2.75, 3.05) is 30.3 Å². The second-order valence-electron chi connectivity index (χ2n) is 8.24. The fourth-order valence-corrected chi connectivity index (χ4v) is 6.67. The molecular formula is C24H30N4O2S2. The maximum absolute atomic E-state index is 13.3. The van der Waals surface area contributed by atoms with E-state index in [2.05, 4.69) is 22.5 Å². The van der Waals surface area contributed by atoms with Gasteiger partial charge in [0.25, 0.3) is 0 Å². The van der Waals surface area contributed by atoms with Gasteiger partial charge in [-0.3, -0.25) is 4.98 Å². The Bertz CT molecular complexity index is 1150. The topological polar surface area (TPSA) is 66.4 Å². The van der Waals surface area contributed by atoms with Crippen molar-refractivity contribution in [2.45, 2.75) is 43.0 Å². The van der Waals surface area contributed by atoms with E-state index in [-0.39, 0.29) is 5.54 Å². The van der Waals surface area contributed by atoms with E-state index >= 15 is 0 Å². The first-order chi connectivity index (χ1) is 15.5. The summed E-state index contributed by atoms with van der Waals surface area (Å²) in [7, 11) is -3.47. The minimum atomic E-state index is -3.47. The Morgan fingerprint density at radius 2 is 1.56 bits per heavy atom. The van der Waals surface area contributed by atoms with Crippen LogP contribution in [0.1, 0.15) is 32.6 Å². The monoisotopic (exact) mass is 470 g/mol. The molecule has 2 aromatic carbocycles. The highest BCUT2D eigenvalue weighted by Gasteiger charge is 2.49. The second kappa shape index (κ2) is 9.77. The van der Waals surface area contributed by atoms with Gasteiger partial charge in [-0.15, -0.1) is 0 Å². The lowest BCUT2D eigenvalue weighted by Gasteiger charge is -2.44. The van der Waals surface area contributed by atoms with Gasteiger partial charge >= 0.3 is 0 Å². The summed E-state index contributed by atoms with van der Waals surface area (Å²) in [5.41, 5.74) is 1.50. The van der Waals surface area contributed by atoms with E-state index < -0.39 is 10.0 Å². The summed E-state index contributed by atoms with van der Waals surface area (Å²) >= 11 is 3.79. The molecule has 2 aliphatic rings. The number of nitrogens with zero attached hydrogens (tertiary/aromatic N) is 4. The van der Waals surface area contributed by atoms with Crippen LogP contribution in [0.4, 0.5) is 5.82 Å². The zero-order valence-electron chi connectivity index (χ0n) is 18.4. The minimum Gasteiger partial charge on any atom is -0.355 e. The van der Waals surface area contributed by atoms with Gasteiger partial charge < -0.3 is 4.90 Å². The summed E-state index contributed by atoms with van der Waals surface area (Å²) in [6.45, 7) is 4.16. The molecule has 2 saturated heterocycles. The van der Waals surface area contributed by atoms with E-state index in [0.29, 0.717) is 11.4 Å². The van der Waals surface area contributed by atoms with Crippen LogP contribution in [-0.4, -0.2) is 53.6 Å². The quantitative estimate of drug-likeness (QED) is 0.575. The number of rotatable bonds is 3. The predicted octanol–water partition coefficient (Wildman–Crippen LogP) is 4.39. The fraction of sp³-hybridized carbons (Fsp3) is 0.417. The molecule has 0 amide bonds. The van der Waals surface area contributed by atoms with Gasteiger partial charge in [-0.1, -0.05) is 37.3 Å². The highest BCUT2D eigenvalue weighted by atomic mass is 32.2. The Labute approximate surface area is 196 Å². The number of aromatic nitrogens is 2. The summed E-state index contributed by atoms with van der Waals surface area (Å²) in [5, 5.41) is 0. The van der Waals surface area contributed by atoms with E-state index in [1.165, 1.54) is 0 Å². The van der Waals surface area contributed by atoms with Crippen molar-refractivity contribution in [3.05, 3.63) is 60.8 Å². The molecule has 5 rings (SSSR count). The molecule has 2 aliphatic heterocycles. The molecule has 0 aliphatic carbocycles. The van der Waals surface area contributed by atoms with Gasteiger partial charge in [0, 0.05) is 25.2 Å². The van der Waals surface area contributed by atoms with Gasteiger partial charge in [0.05, 0.1) is 22.1 Å². The predicted molar refractivity (Wildman–Crippen MR) is 133 cm³/mol. The van der Waals surface area contributed by atoms with Crippen LogP contribution in [0.15, 0.2) is 65.7 Å². The van der Waals surface area contributed by atoms with Crippen LogP contribution < -0.4 is 4.90 Å². The standard InChI is InChI=1S/C22H24N4O2S.C2H6S/c27-29(28,18-7-2-1-3-8-18)26-14-6-11-22(26)12-15-25(16-13-22)21-17-23-19-9-4-5-10-20(19)24-21;1-2-3/h1-5,7-10,17H,6,11-16H2;3H,2H2,1H3. The number of sulfonamides is 1. The lowest BCUT2D eigenvalue weighted by molar-refractivity contribution is 0.192. The molecule has 1 spiro atoms. The molecule has 3 heterocycles. The van der Waals surface area contributed by atoms with Crippen molar-refractivity contribution < 1.29 is 8.42 Å². The van der Waals surface area contributed by atoms with E-state index in [1.807, 2.05) is 43.5 Å². The van der Waals surface area contributed by atoms with Crippen molar-refractivity contribution in [3.8, 4) is 0 Å². The molecular weight excluding hydrogens is 440 g/mol. The second-order valence-corrected chi connectivity index (χ2v) is 10.7. The lowest BCUT2D eigenvalue weighted by atomic mass is 9.86. The maximum Gasteiger partial charge on any atom is 0.243 e. The van der Waals surface area contributed by atoms with Crippen LogP contribution in [0, 0.1) is 0 Å². The normalized spacial score (nSPS) is 18.5. The van der Waals surface area contributed by atoms with Crippen LogP contribution in [-0.2, 0) is 10.0 Å². The highest BCUT2D eigenvalue weighted by molar-refractivity contribution is 7.89. The molecule has 0 unspecified atom stereocenters. The van der Waals surface area contributed by atoms with Crippen LogP contribution in [0.25, 0.3) is 11.0 Å². The number of para-hydroxylation sites is 2. The molecule has 3 aromatic rings. The molecule has 32 heavy (non-hydrogen) atoms. The van der Waals surface area contributed by atoms with Gasteiger partial charge in [0.1, 0.15) is 5.82 Å². The highest BCUT2D eigenvalue weighted by Crippen LogP contribution is 2.42. The molecule has 6 nitrogen and oxygen atoms in total. The third-order valence-corrected chi connectivity index (χ3v) is 8.34. The number of hydrogen-bond acceptors (Lipinski definition) is 6. The van der Waals surface area contributed by atoms with Gasteiger partial charge in [0.15, 0.2) is 0 Å². The Morgan fingerprint density at radius 3 is 2.25 bits per heavy atom. The number of piperidine rings is 1. The first-order valence-corrected chi connectivity index (χ1v) is 13.2. The summed E-state index contributed by atoms with van der Waals surface area (Å²) in [6, 6.07) is 16.7. The van der Waals surface area contributed by atoms with Crippen LogP contribution >= 0.6 is 12.6 Å². The molecule has 0 N–H and O–H groups in total. The molecule has 0 bridgehead atoms. The van der Waals surface area contributed by atoms with Crippen LogP contribution in [0.3, 0.4) is 0 Å².